The van der Waals surface area contributed by atoms with Crippen LogP contribution in [-0.2, 0) is 14.8 Å². The molecule has 6 nitrogen and oxygen atoms in total. The number of hydrogen-bond acceptors (Lipinski definition) is 4. The fourth-order valence-corrected chi connectivity index (χ4v) is 3.08. The molecule has 0 bridgehead atoms. The van der Waals surface area contributed by atoms with Gasteiger partial charge in [0.25, 0.3) is 0 Å². The number of carbonyl (C=O) groups is 1. The Morgan fingerprint density at radius 3 is 2.72 bits per heavy atom. The van der Waals surface area contributed by atoms with Gasteiger partial charge in [0.05, 0.1) is 12.2 Å². The summed E-state index contributed by atoms with van der Waals surface area (Å²) in [6.07, 6.45) is 4.28. The first-order chi connectivity index (χ1) is 8.39. The first-order valence-electron chi connectivity index (χ1n) is 5.47. The van der Waals surface area contributed by atoms with Gasteiger partial charge >= 0.3 is 5.97 Å². The van der Waals surface area contributed by atoms with Gasteiger partial charge in [0.2, 0.25) is 10.0 Å². The van der Waals surface area contributed by atoms with E-state index in [1.54, 1.807) is 24.5 Å². The Bertz CT molecular complexity index is 543. The monoisotopic (exact) mass is 270 g/mol. The van der Waals surface area contributed by atoms with E-state index in [-0.39, 0.29) is 19.0 Å². The molecule has 2 atom stereocenters. The lowest BCUT2D eigenvalue weighted by atomic mass is 9.90. The predicted molar refractivity (Wildman–Crippen MR) is 64.5 cm³/mol. The maximum atomic E-state index is 11.5. The Morgan fingerprint density at radius 2 is 2.22 bits per heavy atom. The number of nitrogens with zero attached hydrogens (tertiary/aromatic N) is 2. The summed E-state index contributed by atoms with van der Waals surface area (Å²) in [7, 11) is -3.36. The lowest BCUT2D eigenvalue weighted by molar-refractivity contribution is -0.141. The summed E-state index contributed by atoms with van der Waals surface area (Å²) in [5.41, 5.74) is 0.760. The number of aliphatic carboxylic acids is 1. The molecule has 1 saturated heterocycles. The maximum absolute atomic E-state index is 11.5. The van der Waals surface area contributed by atoms with Crippen LogP contribution >= 0.6 is 0 Å². The number of aromatic nitrogens is 1. The van der Waals surface area contributed by atoms with Crippen LogP contribution in [0, 0.1) is 5.92 Å². The Kier molecular flexibility index (Phi) is 3.36. The normalized spacial score (nSPS) is 25.2. The van der Waals surface area contributed by atoms with Crippen LogP contribution in [0.3, 0.4) is 0 Å². The smallest absolute Gasteiger partial charge is 0.308 e. The van der Waals surface area contributed by atoms with Gasteiger partial charge in [-0.3, -0.25) is 9.78 Å². The maximum Gasteiger partial charge on any atom is 0.308 e. The number of carboxylic acid groups (broad SMARTS) is 1. The highest BCUT2D eigenvalue weighted by atomic mass is 32.2. The fraction of sp³-hybridized carbons (Fsp3) is 0.455. The lowest BCUT2D eigenvalue weighted by Gasteiger charge is -2.14. The molecule has 2 heterocycles. The van der Waals surface area contributed by atoms with E-state index in [9.17, 15) is 18.3 Å². The molecule has 1 aromatic rings. The highest BCUT2D eigenvalue weighted by Crippen LogP contribution is 2.33. The molecule has 0 amide bonds. The molecule has 1 aliphatic heterocycles. The van der Waals surface area contributed by atoms with Crippen molar-refractivity contribution in [2.45, 2.75) is 5.92 Å². The van der Waals surface area contributed by atoms with Gasteiger partial charge in [0.15, 0.2) is 0 Å². The van der Waals surface area contributed by atoms with Gasteiger partial charge in [-0.25, -0.2) is 12.7 Å². The van der Waals surface area contributed by atoms with Crippen molar-refractivity contribution in [2.24, 2.45) is 5.92 Å². The molecular weight excluding hydrogens is 256 g/mol. The molecule has 1 aliphatic rings. The van der Waals surface area contributed by atoms with E-state index < -0.39 is 21.9 Å². The van der Waals surface area contributed by atoms with Crippen molar-refractivity contribution < 1.29 is 18.3 Å². The van der Waals surface area contributed by atoms with Crippen molar-refractivity contribution in [1.82, 2.24) is 9.29 Å². The summed E-state index contributed by atoms with van der Waals surface area (Å²) in [6, 6.07) is 3.50. The Morgan fingerprint density at radius 1 is 1.50 bits per heavy atom. The van der Waals surface area contributed by atoms with Gasteiger partial charge in [-0.05, 0) is 11.6 Å². The molecular formula is C11H14N2O4S. The van der Waals surface area contributed by atoms with Gasteiger partial charge in [0.1, 0.15) is 0 Å². The summed E-state index contributed by atoms with van der Waals surface area (Å²) in [5.74, 6) is -2.04. The SMILES string of the molecule is CS(=O)(=O)N1C[C@@H](C(=O)O)[C@H](c2cccnc2)C1. The second-order valence-electron chi connectivity index (χ2n) is 4.42. The average Bonchev–Trinajstić information content (AvgIpc) is 2.74. The van der Waals surface area contributed by atoms with Gasteiger partial charge < -0.3 is 5.11 Å². The second kappa shape index (κ2) is 4.66. The van der Waals surface area contributed by atoms with Crippen molar-refractivity contribution in [2.75, 3.05) is 19.3 Å². The Balaban J connectivity index is 2.32. The minimum Gasteiger partial charge on any atom is -0.481 e. The van der Waals surface area contributed by atoms with Crippen LogP contribution < -0.4 is 0 Å². The van der Waals surface area contributed by atoms with Gasteiger partial charge in [-0.15, -0.1) is 0 Å². The van der Waals surface area contributed by atoms with Crippen molar-refractivity contribution in [1.29, 1.82) is 0 Å². The Hall–Kier alpha value is -1.47. The molecule has 2 rings (SSSR count). The molecule has 0 aliphatic carbocycles. The number of carboxylic acids is 1. The molecule has 0 spiro atoms. The van der Waals surface area contributed by atoms with E-state index in [1.807, 2.05) is 0 Å². The van der Waals surface area contributed by atoms with E-state index >= 15 is 0 Å². The van der Waals surface area contributed by atoms with E-state index in [0.717, 1.165) is 11.8 Å². The van der Waals surface area contributed by atoms with Gasteiger partial charge in [-0.1, -0.05) is 6.07 Å². The molecule has 0 saturated carbocycles. The molecule has 18 heavy (non-hydrogen) atoms. The van der Waals surface area contributed by atoms with Gasteiger partial charge in [-0.2, -0.15) is 0 Å². The van der Waals surface area contributed by atoms with Crippen LogP contribution in [-0.4, -0.2) is 48.1 Å². The van der Waals surface area contributed by atoms with Crippen molar-refractivity contribution in [3.05, 3.63) is 30.1 Å². The standard InChI is InChI=1S/C11H14N2O4S/c1-18(16,17)13-6-9(10(7-13)11(14)15)8-3-2-4-12-5-8/h2-5,9-10H,6-7H2,1H3,(H,14,15)/t9-,10+/m0/s1. The van der Waals surface area contributed by atoms with Crippen molar-refractivity contribution in [3.63, 3.8) is 0 Å². The van der Waals surface area contributed by atoms with Crippen LogP contribution in [0.2, 0.25) is 0 Å². The van der Waals surface area contributed by atoms with E-state index in [0.29, 0.717) is 0 Å². The number of sulfonamides is 1. The zero-order valence-electron chi connectivity index (χ0n) is 9.85. The molecule has 0 aromatic carbocycles. The second-order valence-corrected chi connectivity index (χ2v) is 6.40. The molecule has 0 unspecified atom stereocenters. The molecule has 1 N–H and O–H groups in total. The highest BCUT2D eigenvalue weighted by Gasteiger charge is 2.41. The van der Waals surface area contributed by atoms with E-state index in [1.165, 1.54) is 4.31 Å². The highest BCUT2D eigenvalue weighted by molar-refractivity contribution is 7.88. The number of pyridine rings is 1. The largest absolute Gasteiger partial charge is 0.481 e. The van der Waals surface area contributed by atoms with Crippen LogP contribution in [0.25, 0.3) is 0 Å². The number of hydrogen-bond donors (Lipinski definition) is 1. The first kappa shape index (κ1) is 13.0. The molecule has 98 valence electrons. The zero-order valence-corrected chi connectivity index (χ0v) is 10.7. The van der Waals surface area contributed by atoms with Crippen molar-refractivity contribution in [3.8, 4) is 0 Å². The average molecular weight is 270 g/mol. The van der Waals surface area contributed by atoms with E-state index in [4.69, 9.17) is 0 Å². The third-order valence-corrected chi connectivity index (χ3v) is 4.42. The summed E-state index contributed by atoms with van der Waals surface area (Å²) in [4.78, 5) is 15.2. The lowest BCUT2D eigenvalue weighted by Crippen LogP contribution is -2.28. The van der Waals surface area contributed by atoms with E-state index in [2.05, 4.69) is 4.98 Å². The quantitative estimate of drug-likeness (QED) is 0.844. The third-order valence-electron chi connectivity index (χ3n) is 3.19. The summed E-state index contributed by atoms with van der Waals surface area (Å²) in [6.45, 7) is 0.217. The fourth-order valence-electron chi connectivity index (χ4n) is 2.22. The summed E-state index contributed by atoms with van der Waals surface area (Å²) < 4.78 is 24.2. The molecule has 7 heteroatoms. The third kappa shape index (κ3) is 2.51. The van der Waals surface area contributed by atoms with Crippen LogP contribution in [0.1, 0.15) is 11.5 Å². The van der Waals surface area contributed by atoms with Crippen LogP contribution in [0.4, 0.5) is 0 Å². The van der Waals surface area contributed by atoms with Crippen LogP contribution in [0.5, 0.6) is 0 Å². The first-order valence-corrected chi connectivity index (χ1v) is 7.32. The minimum atomic E-state index is -3.36. The molecule has 1 aromatic heterocycles. The minimum absolute atomic E-state index is 0.0216. The molecule has 1 fully saturated rings. The summed E-state index contributed by atoms with van der Waals surface area (Å²) in [5, 5.41) is 9.19. The predicted octanol–water partition coefficient (Wildman–Crippen LogP) is 0.141. The van der Waals surface area contributed by atoms with Crippen LogP contribution in [0.15, 0.2) is 24.5 Å². The van der Waals surface area contributed by atoms with Crippen molar-refractivity contribution >= 4 is 16.0 Å². The molecule has 0 radical (unpaired) electrons. The summed E-state index contributed by atoms with van der Waals surface area (Å²) >= 11 is 0. The topological polar surface area (TPSA) is 87.6 Å². The van der Waals surface area contributed by atoms with Gasteiger partial charge in [0, 0.05) is 31.4 Å². The zero-order chi connectivity index (χ0) is 13.3. The Labute approximate surface area is 105 Å². The number of rotatable bonds is 3.